The Hall–Kier alpha value is -4.26. The summed E-state index contributed by atoms with van der Waals surface area (Å²) in [5, 5.41) is 4.20. The summed E-state index contributed by atoms with van der Waals surface area (Å²) in [6, 6.07) is 16.1. The first-order valence-electron chi connectivity index (χ1n) is 10.6. The fourth-order valence-electron chi connectivity index (χ4n) is 3.74. The van der Waals surface area contributed by atoms with Gasteiger partial charge in [0.05, 0.1) is 23.9 Å². The lowest BCUT2D eigenvalue weighted by molar-refractivity contribution is 0.481. The number of nitrogens with zero attached hydrogens (tertiary/aromatic N) is 5. The molecule has 0 N–H and O–H groups in total. The van der Waals surface area contributed by atoms with Gasteiger partial charge in [0.15, 0.2) is 0 Å². The van der Waals surface area contributed by atoms with Crippen molar-refractivity contribution < 1.29 is 9.13 Å². The number of rotatable bonds is 6. The van der Waals surface area contributed by atoms with E-state index in [1.807, 2.05) is 54.5 Å². The minimum Gasteiger partial charge on any atom is -0.457 e. The van der Waals surface area contributed by atoms with Gasteiger partial charge in [0.2, 0.25) is 0 Å². The maximum absolute atomic E-state index is 13.5. The van der Waals surface area contributed by atoms with Gasteiger partial charge in [0.1, 0.15) is 17.3 Å². The van der Waals surface area contributed by atoms with Crippen LogP contribution in [0.25, 0.3) is 17.0 Å². The molecule has 164 valence electrons. The van der Waals surface area contributed by atoms with Crippen LogP contribution in [0, 0.1) is 5.82 Å². The highest BCUT2D eigenvalue weighted by molar-refractivity contribution is 5.86. The molecular formula is C26H22FN5O. The molecule has 0 saturated carbocycles. The standard InChI is InChI=1S/C26H22FN5O/c1-18-24-13-22(33-23-8-10-28-26(14-23)20-15-30-31(2)16-20)6-7-25(24)29-17-32(18)11-9-19-4-3-5-21(27)12-19/h3-8,10,12-17H,1,9,11H2,2H3. The molecule has 7 heteroatoms. The topological polar surface area (TPSA) is 55.5 Å². The molecule has 0 aliphatic carbocycles. The van der Waals surface area contributed by atoms with Crippen molar-refractivity contribution in [1.82, 2.24) is 19.7 Å². The number of halogens is 1. The van der Waals surface area contributed by atoms with Crippen LogP contribution in [0.15, 0.2) is 84.8 Å². The van der Waals surface area contributed by atoms with Gasteiger partial charge in [-0.2, -0.15) is 5.10 Å². The summed E-state index contributed by atoms with van der Waals surface area (Å²) in [6.07, 6.45) is 7.85. The summed E-state index contributed by atoms with van der Waals surface area (Å²) in [4.78, 5) is 10.9. The highest BCUT2D eigenvalue weighted by atomic mass is 19.1. The fourth-order valence-corrected chi connectivity index (χ4v) is 3.74. The van der Waals surface area contributed by atoms with E-state index in [1.165, 1.54) is 6.07 Å². The van der Waals surface area contributed by atoms with Crippen molar-refractivity contribution in [2.75, 3.05) is 6.54 Å². The van der Waals surface area contributed by atoms with Crippen LogP contribution in [-0.2, 0) is 13.5 Å². The SMILES string of the molecule is C=C1c2cc(Oc3ccnc(-c4cnn(C)c4)c3)ccc2N=CN1CCc1cccc(F)c1. The van der Waals surface area contributed by atoms with Crippen molar-refractivity contribution in [3.63, 3.8) is 0 Å². The molecule has 2 aromatic heterocycles. The number of fused-ring (bicyclic) bond motifs is 1. The Morgan fingerprint density at radius 3 is 2.76 bits per heavy atom. The Bertz CT molecular complexity index is 1360. The van der Waals surface area contributed by atoms with Gasteiger partial charge in [-0.05, 0) is 48.4 Å². The first-order valence-corrected chi connectivity index (χ1v) is 10.6. The second-order valence-corrected chi connectivity index (χ2v) is 7.83. The van der Waals surface area contributed by atoms with E-state index < -0.39 is 0 Å². The van der Waals surface area contributed by atoms with Gasteiger partial charge in [-0.3, -0.25) is 9.67 Å². The Morgan fingerprint density at radius 2 is 1.94 bits per heavy atom. The van der Waals surface area contributed by atoms with E-state index in [1.54, 1.807) is 35.5 Å². The van der Waals surface area contributed by atoms with Gasteiger partial charge in [-0.25, -0.2) is 9.38 Å². The lowest BCUT2D eigenvalue weighted by Crippen LogP contribution is -2.24. The number of aromatic nitrogens is 3. The van der Waals surface area contributed by atoms with E-state index in [0.717, 1.165) is 33.8 Å². The van der Waals surface area contributed by atoms with Gasteiger partial charge >= 0.3 is 0 Å². The molecule has 0 fully saturated rings. The number of hydrogen-bond acceptors (Lipinski definition) is 5. The van der Waals surface area contributed by atoms with Crippen LogP contribution in [0.1, 0.15) is 11.1 Å². The van der Waals surface area contributed by atoms with E-state index in [-0.39, 0.29) is 5.82 Å². The maximum atomic E-state index is 13.5. The van der Waals surface area contributed by atoms with Gasteiger partial charge < -0.3 is 9.64 Å². The lowest BCUT2D eigenvalue weighted by atomic mass is 10.1. The second-order valence-electron chi connectivity index (χ2n) is 7.83. The van der Waals surface area contributed by atoms with Crippen molar-refractivity contribution in [2.24, 2.45) is 12.0 Å². The molecule has 0 atom stereocenters. The van der Waals surface area contributed by atoms with Crippen molar-refractivity contribution in [2.45, 2.75) is 6.42 Å². The number of ether oxygens (including phenoxy) is 1. The van der Waals surface area contributed by atoms with Crippen LogP contribution >= 0.6 is 0 Å². The highest BCUT2D eigenvalue weighted by Crippen LogP contribution is 2.36. The van der Waals surface area contributed by atoms with Crippen molar-refractivity contribution in [1.29, 1.82) is 0 Å². The summed E-state index contributed by atoms with van der Waals surface area (Å²) in [6.45, 7) is 4.90. The summed E-state index contributed by atoms with van der Waals surface area (Å²) in [5.74, 6) is 1.13. The Morgan fingerprint density at radius 1 is 1.06 bits per heavy atom. The summed E-state index contributed by atoms with van der Waals surface area (Å²) >= 11 is 0. The smallest absolute Gasteiger partial charge is 0.131 e. The normalized spacial score (nSPS) is 12.7. The fraction of sp³-hybridized carbons (Fsp3) is 0.115. The zero-order valence-electron chi connectivity index (χ0n) is 18.1. The average molecular weight is 439 g/mol. The van der Waals surface area contributed by atoms with Crippen LogP contribution in [0.2, 0.25) is 0 Å². The zero-order chi connectivity index (χ0) is 22.8. The molecule has 5 rings (SSSR count). The molecule has 0 unspecified atom stereocenters. The average Bonchev–Trinajstić information content (AvgIpc) is 3.26. The van der Waals surface area contributed by atoms with E-state index in [4.69, 9.17) is 4.74 Å². The summed E-state index contributed by atoms with van der Waals surface area (Å²) in [5.41, 5.74) is 5.20. The Kier molecular flexibility index (Phi) is 5.44. The van der Waals surface area contributed by atoms with Gasteiger partial charge in [-0.15, -0.1) is 0 Å². The molecule has 3 heterocycles. The molecular weight excluding hydrogens is 417 g/mol. The van der Waals surface area contributed by atoms with Gasteiger partial charge in [0.25, 0.3) is 0 Å². The zero-order valence-corrected chi connectivity index (χ0v) is 18.1. The molecule has 0 saturated heterocycles. The third-order valence-corrected chi connectivity index (χ3v) is 5.46. The minimum atomic E-state index is -0.228. The van der Waals surface area contributed by atoms with E-state index in [9.17, 15) is 4.39 Å². The van der Waals surface area contributed by atoms with Crippen molar-refractivity contribution in [3.8, 4) is 22.8 Å². The van der Waals surface area contributed by atoms with Crippen LogP contribution in [0.5, 0.6) is 11.5 Å². The van der Waals surface area contributed by atoms with Crippen LogP contribution in [0.3, 0.4) is 0 Å². The summed E-state index contributed by atoms with van der Waals surface area (Å²) in [7, 11) is 1.87. The number of benzene rings is 2. The third kappa shape index (κ3) is 4.52. The van der Waals surface area contributed by atoms with E-state index >= 15 is 0 Å². The first kappa shape index (κ1) is 20.6. The number of aliphatic imine (C=N–C) groups is 1. The minimum absolute atomic E-state index is 0.228. The molecule has 0 spiro atoms. The molecule has 2 aromatic carbocycles. The van der Waals surface area contributed by atoms with Crippen LogP contribution < -0.4 is 4.74 Å². The summed E-state index contributed by atoms with van der Waals surface area (Å²) < 4.78 is 21.3. The van der Waals surface area contributed by atoms with Crippen LogP contribution in [0.4, 0.5) is 10.1 Å². The van der Waals surface area contributed by atoms with Crippen LogP contribution in [-0.4, -0.2) is 32.5 Å². The molecule has 4 aromatic rings. The third-order valence-electron chi connectivity index (χ3n) is 5.46. The quantitative estimate of drug-likeness (QED) is 0.392. The largest absolute Gasteiger partial charge is 0.457 e. The molecule has 1 aliphatic rings. The molecule has 0 bridgehead atoms. The molecule has 6 nitrogen and oxygen atoms in total. The van der Waals surface area contributed by atoms with E-state index in [0.29, 0.717) is 24.5 Å². The first-order chi connectivity index (χ1) is 16.0. The number of pyridine rings is 1. The monoisotopic (exact) mass is 439 g/mol. The molecule has 33 heavy (non-hydrogen) atoms. The van der Waals surface area contributed by atoms with E-state index in [2.05, 4.69) is 21.7 Å². The number of aryl methyl sites for hydroxylation is 1. The predicted molar refractivity (Wildman–Crippen MR) is 127 cm³/mol. The van der Waals surface area contributed by atoms with Gasteiger partial charge in [-0.1, -0.05) is 18.7 Å². The Labute approximate surface area is 191 Å². The molecule has 1 aliphatic heterocycles. The highest BCUT2D eigenvalue weighted by Gasteiger charge is 2.18. The van der Waals surface area contributed by atoms with Gasteiger partial charge in [0, 0.05) is 48.9 Å². The second kappa shape index (κ2) is 8.70. The Balaban J connectivity index is 1.32. The van der Waals surface area contributed by atoms with Crippen molar-refractivity contribution >= 4 is 17.7 Å². The predicted octanol–water partition coefficient (Wildman–Crippen LogP) is 5.60. The maximum Gasteiger partial charge on any atom is 0.131 e. The van der Waals surface area contributed by atoms with Crippen molar-refractivity contribution in [3.05, 3.63) is 96.7 Å². The molecule has 0 radical (unpaired) electrons. The molecule has 0 amide bonds. The lowest BCUT2D eigenvalue weighted by Gasteiger charge is -2.27. The number of hydrogen-bond donors (Lipinski definition) is 0.